The number of H-pyrrole nitrogens is 1. The molecule has 0 radical (unpaired) electrons. The van der Waals surface area contributed by atoms with Gasteiger partial charge in [0, 0.05) is 18.3 Å². The summed E-state index contributed by atoms with van der Waals surface area (Å²) in [5.41, 5.74) is 6.02. The van der Waals surface area contributed by atoms with Crippen LogP contribution in [0, 0.1) is 5.92 Å². The van der Waals surface area contributed by atoms with Crippen molar-refractivity contribution in [1.82, 2.24) is 25.9 Å². The van der Waals surface area contributed by atoms with Crippen molar-refractivity contribution in [2.24, 2.45) is 11.7 Å². The first-order valence-electron chi connectivity index (χ1n) is 9.67. The van der Waals surface area contributed by atoms with Crippen LogP contribution in [0.3, 0.4) is 0 Å². The lowest BCUT2D eigenvalue weighted by Gasteiger charge is -2.25. The van der Waals surface area contributed by atoms with E-state index in [1.165, 1.54) is 12.5 Å². The van der Waals surface area contributed by atoms with Crippen LogP contribution in [0.4, 0.5) is 0 Å². The van der Waals surface area contributed by atoms with Crippen molar-refractivity contribution in [1.29, 1.82) is 0 Å². The predicted molar refractivity (Wildman–Crippen MR) is 107 cm³/mol. The highest BCUT2D eigenvalue weighted by atomic mass is 16.4. The lowest BCUT2D eigenvalue weighted by molar-refractivity contribution is -0.143. The quantitative estimate of drug-likeness (QED) is 0.154. The maximum atomic E-state index is 12.9. The number of aromatic nitrogens is 2. The second-order valence-electron chi connectivity index (χ2n) is 7.40. The molecule has 13 nitrogen and oxygen atoms in total. The molecule has 0 saturated carbocycles. The number of amides is 3. The van der Waals surface area contributed by atoms with Gasteiger partial charge in [-0.05, 0) is 12.3 Å². The van der Waals surface area contributed by atoms with Crippen molar-refractivity contribution < 1.29 is 34.5 Å². The second kappa shape index (κ2) is 12.6. The number of imidazole rings is 1. The summed E-state index contributed by atoms with van der Waals surface area (Å²) in [6, 6.07) is -5.04. The third-order valence-electron chi connectivity index (χ3n) is 4.28. The zero-order chi connectivity index (χ0) is 23.6. The molecule has 174 valence electrons. The molecule has 4 atom stereocenters. The lowest BCUT2D eigenvalue weighted by Crippen LogP contribution is -2.58. The van der Waals surface area contributed by atoms with Crippen LogP contribution < -0.4 is 21.7 Å². The van der Waals surface area contributed by atoms with E-state index < -0.39 is 61.1 Å². The first kappa shape index (κ1) is 26.0. The number of aliphatic hydroxyl groups excluding tert-OH is 2. The normalized spacial score (nSPS) is 14.9. The summed E-state index contributed by atoms with van der Waals surface area (Å²) in [6.45, 7) is 2.16. The molecular weight excluding hydrogens is 412 g/mol. The standard InChI is InChI=1S/C18H30N6O7/c1-9(2)3-12(16(28)24-14(7-26)18(30)31)23-17(29)13(4-10-5-20-8-21-10)22-15(27)11(19)6-25/h5,8-9,11-14,25-26H,3-4,6-7,19H2,1-2H3,(H,20,21)(H,22,27)(H,23,29)(H,24,28)(H,30,31)/t11-,12-,13-,14-/m0/s1. The average Bonchev–Trinajstić information content (AvgIpc) is 3.22. The highest BCUT2D eigenvalue weighted by Crippen LogP contribution is 2.07. The van der Waals surface area contributed by atoms with Crippen molar-refractivity contribution in [2.45, 2.75) is 50.9 Å². The van der Waals surface area contributed by atoms with E-state index in [9.17, 15) is 19.2 Å². The molecule has 0 aromatic carbocycles. The first-order chi connectivity index (χ1) is 14.6. The topological polar surface area (TPSA) is 220 Å². The molecule has 0 unspecified atom stereocenters. The molecule has 0 aliphatic heterocycles. The third kappa shape index (κ3) is 8.70. The lowest BCUT2D eigenvalue weighted by atomic mass is 10.0. The van der Waals surface area contributed by atoms with E-state index in [2.05, 4.69) is 25.9 Å². The maximum absolute atomic E-state index is 12.9. The van der Waals surface area contributed by atoms with E-state index in [1.54, 1.807) is 13.8 Å². The van der Waals surface area contributed by atoms with Gasteiger partial charge in [0.05, 0.1) is 19.5 Å². The van der Waals surface area contributed by atoms with Gasteiger partial charge >= 0.3 is 5.97 Å². The number of hydrogen-bond acceptors (Lipinski definition) is 8. The Morgan fingerprint density at radius 3 is 2.06 bits per heavy atom. The number of aliphatic carboxylic acids is 1. The molecule has 0 spiro atoms. The third-order valence-corrected chi connectivity index (χ3v) is 4.28. The van der Waals surface area contributed by atoms with Crippen molar-refractivity contribution >= 4 is 23.7 Å². The Labute approximate surface area is 178 Å². The molecule has 0 fully saturated rings. The monoisotopic (exact) mass is 442 g/mol. The van der Waals surface area contributed by atoms with Crippen LogP contribution in [0.2, 0.25) is 0 Å². The minimum atomic E-state index is -1.53. The van der Waals surface area contributed by atoms with Crippen molar-refractivity contribution in [2.75, 3.05) is 13.2 Å². The van der Waals surface area contributed by atoms with Gasteiger partial charge in [-0.2, -0.15) is 0 Å². The molecule has 1 aromatic rings. The zero-order valence-corrected chi connectivity index (χ0v) is 17.4. The van der Waals surface area contributed by atoms with Crippen LogP contribution in [0.5, 0.6) is 0 Å². The summed E-state index contributed by atoms with van der Waals surface area (Å²) in [4.78, 5) is 55.3. The fourth-order valence-corrected chi connectivity index (χ4v) is 2.62. The van der Waals surface area contributed by atoms with Crippen LogP contribution >= 0.6 is 0 Å². The van der Waals surface area contributed by atoms with E-state index in [0.717, 1.165) is 0 Å². The second-order valence-corrected chi connectivity index (χ2v) is 7.40. The van der Waals surface area contributed by atoms with Gasteiger partial charge in [-0.1, -0.05) is 13.8 Å². The SMILES string of the molecule is CC(C)C[C@H](NC(=O)[C@H](Cc1cnc[nH]1)NC(=O)[C@@H](N)CO)C(=O)N[C@@H](CO)C(=O)O. The van der Waals surface area contributed by atoms with Crippen molar-refractivity contribution in [3.63, 3.8) is 0 Å². The van der Waals surface area contributed by atoms with E-state index in [4.69, 9.17) is 21.1 Å². The van der Waals surface area contributed by atoms with Crippen molar-refractivity contribution in [3.8, 4) is 0 Å². The van der Waals surface area contributed by atoms with Gasteiger partial charge in [-0.15, -0.1) is 0 Å². The fraction of sp³-hybridized carbons (Fsp3) is 0.611. The predicted octanol–water partition coefficient (Wildman–Crippen LogP) is -3.15. The summed E-state index contributed by atoms with van der Waals surface area (Å²) in [6.07, 6.45) is 3.02. The van der Waals surface area contributed by atoms with Crippen molar-refractivity contribution in [3.05, 3.63) is 18.2 Å². The van der Waals surface area contributed by atoms with Crippen LogP contribution in [0.15, 0.2) is 12.5 Å². The number of carboxylic acids is 1. The fourth-order valence-electron chi connectivity index (χ4n) is 2.62. The Balaban J connectivity index is 3.00. The van der Waals surface area contributed by atoms with Gasteiger partial charge < -0.3 is 42.0 Å². The molecule has 0 bridgehead atoms. The number of aromatic amines is 1. The highest BCUT2D eigenvalue weighted by molar-refractivity contribution is 5.94. The van der Waals surface area contributed by atoms with E-state index in [1.807, 2.05) is 0 Å². The zero-order valence-electron chi connectivity index (χ0n) is 17.4. The Hall–Kier alpha value is -3.03. The number of aliphatic hydroxyl groups is 2. The maximum Gasteiger partial charge on any atom is 0.328 e. The number of nitrogens with one attached hydrogen (secondary N) is 4. The minimum Gasteiger partial charge on any atom is -0.480 e. The van der Waals surface area contributed by atoms with Gasteiger partial charge in [0.25, 0.3) is 0 Å². The molecule has 9 N–H and O–H groups in total. The number of nitrogens with two attached hydrogens (primary N) is 1. The first-order valence-corrected chi connectivity index (χ1v) is 9.67. The molecule has 1 heterocycles. The summed E-state index contributed by atoms with van der Waals surface area (Å²) in [7, 11) is 0. The van der Waals surface area contributed by atoms with Gasteiger partial charge in [0.2, 0.25) is 17.7 Å². The van der Waals surface area contributed by atoms with Crippen LogP contribution in [-0.4, -0.2) is 86.4 Å². The Bertz CT molecular complexity index is 740. The van der Waals surface area contributed by atoms with E-state index in [-0.39, 0.29) is 18.8 Å². The Morgan fingerprint density at radius 1 is 1.00 bits per heavy atom. The number of nitrogens with zero attached hydrogens (tertiary/aromatic N) is 1. The smallest absolute Gasteiger partial charge is 0.328 e. The molecule has 13 heteroatoms. The van der Waals surface area contributed by atoms with Gasteiger partial charge in [0.1, 0.15) is 24.2 Å². The number of rotatable bonds is 13. The van der Waals surface area contributed by atoms with Crippen LogP contribution in [0.1, 0.15) is 26.0 Å². The number of carbonyl (C=O) groups excluding carboxylic acids is 3. The van der Waals surface area contributed by atoms with Gasteiger partial charge in [-0.3, -0.25) is 14.4 Å². The average molecular weight is 442 g/mol. The number of hydrogen-bond donors (Lipinski definition) is 8. The minimum absolute atomic E-state index is 0.000129. The van der Waals surface area contributed by atoms with E-state index >= 15 is 0 Å². The summed E-state index contributed by atoms with van der Waals surface area (Å²) < 4.78 is 0. The molecule has 31 heavy (non-hydrogen) atoms. The van der Waals surface area contributed by atoms with Crippen LogP contribution in [0.25, 0.3) is 0 Å². The molecule has 3 amide bonds. The largest absolute Gasteiger partial charge is 0.480 e. The highest BCUT2D eigenvalue weighted by Gasteiger charge is 2.30. The summed E-state index contributed by atoms with van der Waals surface area (Å²) in [5, 5.41) is 34.3. The molecule has 1 aromatic heterocycles. The summed E-state index contributed by atoms with van der Waals surface area (Å²) in [5.74, 6) is -3.74. The molecule has 0 saturated heterocycles. The van der Waals surface area contributed by atoms with Gasteiger partial charge in [-0.25, -0.2) is 9.78 Å². The number of carboxylic acid groups (broad SMARTS) is 1. The molecular formula is C18H30N6O7. The Morgan fingerprint density at radius 2 is 1.58 bits per heavy atom. The number of carbonyl (C=O) groups is 4. The summed E-state index contributed by atoms with van der Waals surface area (Å²) >= 11 is 0. The van der Waals surface area contributed by atoms with Gasteiger partial charge in [0.15, 0.2) is 0 Å². The van der Waals surface area contributed by atoms with E-state index in [0.29, 0.717) is 5.69 Å². The molecule has 0 aliphatic carbocycles. The van der Waals surface area contributed by atoms with Crippen LogP contribution in [-0.2, 0) is 25.6 Å². The molecule has 1 rings (SSSR count). The molecule has 0 aliphatic rings. The Kier molecular flexibility index (Phi) is 10.6.